The Morgan fingerprint density at radius 3 is 2.44 bits per heavy atom. The van der Waals surface area contributed by atoms with Crippen LogP contribution in [0, 0.1) is 17.3 Å². The standard InChI is InChI=1S/C16H32N2/c1-12-8-13(2)14(3)18(9-12)11-16(4,5)10-17-15-6-7-15/h12-15,17H,6-11H2,1-5H3. The molecule has 0 aromatic carbocycles. The number of piperidine rings is 1. The first kappa shape index (κ1) is 14.3. The zero-order valence-electron chi connectivity index (χ0n) is 13.0. The summed E-state index contributed by atoms with van der Waals surface area (Å²) in [5.41, 5.74) is 0.396. The molecule has 1 aliphatic heterocycles. The van der Waals surface area contributed by atoms with Crippen LogP contribution in [-0.2, 0) is 0 Å². The Morgan fingerprint density at radius 1 is 1.17 bits per heavy atom. The lowest BCUT2D eigenvalue weighted by molar-refractivity contribution is 0.0460. The maximum atomic E-state index is 3.70. The summed E-state index contributed by atoms with van der Waals surface area (Å²) in [6, 6.07) is 1.59. The molecule has 0 aromatic heterocycles. The van der Waals surface area contributed by atoms with Gasteiger partial charge in [0.05, 0.1) is 0 Å². The fraction of sp³-hybridized carbons (Fsp3) is 1.00. The van der Waals surface area contributed by atoms with Crippen LogP contribution < -0.4 is 5.32 Å². The largest absolute Gasteiger partial charge is 0.313 e. The molecule has 2 heteroatoms. The van der Waals surface area contributed by atoms with Gasteiger partial charge in [0, 0.05) is 31.7 Å². The van der Waals surface area contributed by atoms with Crippen molar-refractivity contribution in [1.82, 2.24) is 10.2 Å². The highest BCUT2D eigenvalue weighted by Gasteiger charge is 2.33. The van der Waals surface area contributed by atoms with E-state index in [1.165, 1.54) is 38.9 Å². The molecule has 0 bridgehead atoms. The number of rotatable bonds is 5. The molecule has 0 radical (unpaired) electrons. The van der Waals surface area contributed by atoms with Crippen LogP contribution in [0.5, 0.6) is 0 Å². The van der Waals surface area contributed by atoms with E-state index in [1.54, 1.807) is 0 Å². The molecule has 2 aliphatic rings. The Balaban J connectivity index is 1.84. The van der Waals surface area contributed by atoms with Gasteiger partial charge in [0.2, 0.25) is 0 Å². The molecule has 0 amide bonds. The predicted molar refractivity (Wildman–Crippen MR) is 78.8 cm³/mol. The maximum Gasteiger partial charge on any atom is 0.00930 e. The highest BCUT2D eigenvalue weighted by Crippen LogP contribution is 2.30. The van der Waals surface area contributed by atoms with Crippen molar-refractivity contribution in [3.63, 3.8) is 0 Å². The SMILES string of the molecule is CC1CC(C)C(C)N(CC(C)(C)CNC2CC2)C1. The van der Waals surface area contributed by atoms with E-state index in [4.69, 9.17) is 0 Å². The van der Waals surface area contributed by atoms with Gasteiger partial charge in [0.1, 0.15) is 0 Å². The summed E-state index contributed by atoms with van der Waals surface area (Å²) < 4.78 is 0. The second-order valence-corrected chi connectivity index (χ2v) is 7.81. The first-order chi connectivity index (χ1) is 8.37. The van der Waals surface area contributed by atoms with E-state index in [9.17, 15) is 0 Å². The molecule has 18 heavy (non-hydrogen) atoms. The molecular formula is C16H32N2. The molecule has 2 rings (SSSR count). The summed E-state index contributed by atoms with van der Waals surface area (Å²) in [5.74, 6) is 1.71. The van der Waals surface area contributed by atoms with Crippen LogP contribution in [-0.4, -0.2) is 36.6 Å². The molecule has 2 nitrogen and oxygen atoms in total. The molecule has 3 unspecified atom stereocenters. The van der Waals surface area contributed by atoms with Crippen molar-refractivity contribution in [3.05, 3.63) is 0 Å². The van der Waals surface area contributed by atoms with Crippen LogP contribution in [0.25, 0.3) is 0 Å². The molecule has 106 valence electrons. The van der Waals surface area contributed by atoms with E-state index in [0.717, 1.165) is 23.9 Å². The van der Waals surface area contributed by atoms with Gasteiger partial charge in [-0.25, -0.2) is 0 Å². The minimum absolute atomic E-state index is 0.396. The van der Waals surface area contributed by atoms with Gasteiger partial charge in [-0.3, -0.25) is 4.90 Å². The maximum absolute atomic E-state index is 3.70. The minimum Gasteiger partial charge on any atom is -0.313 e. The van der Waals surface area contributed by atoms with Gasteiger partial charge in [0.25, 0.3) is 0 Å². The van der Waals surface area contributed by atoms with E-state index < -0.39 is 0 Å². The highest BCUT2D eigenvalue weighted by atomic mass is 15.2. The van der Waals surface area contributed by atoms with Crippen LogP contribution in [0.2, 0.25) is 0 Å². The van der Waals surface area contributed by atoms with Gasteiger partial charge in [-0.1, -0.05) is 27.7 Å². The van der Waals surface area contributed by atoms with E-state index >= 15 is 0 Å². The average molecular weight is 252 g/mol. The van der Waals surface area contributed by atoms with Gasteiger partial charge in [-0.15, -0.1) is 0 Å². The highest BCUT2D eigenvalue weighted by molar-refractivity contribution is 4.88. The fourth-order valence-corrected chi connectivity index (χ4v) is 3.35. The molecular weight excluding hydrogens is 220 g/mol. The van der Waals surface area contributed by atoms with Crippen molar-refractivity contribution in [1.29, 1.82) is 0 Å². The minimum atomic E-state index is 0.396. The van der Waals surface area contributed by atoms with Crippen LogP contribution in [0.1, 0.15) is 53.9 Å². The fourth-order valence-electron chi connectivity index (χ4n) is 3.35. The third-order valence-electron chi connectivity index (χ3n) is 4.80. The number of nitrogens with zero attached hydrogens (tertiary/aromatic N) is 1. The van der Waals surface area contributed by atoms with Crippen LogP contribution in [0.15, 0.2) is 0 Å². The Labute approximate surface area is 114 Å². The lowest BCUT2D eigenvalue weighted by Crippen LogP contribution is -2.51. The van der Waals surface area contributed by atoms with Crippen LogP contribution >= 0.6 is 0 Å². The quantitative estimate of drug-likeness (QED) is 0.809. The number of nitrogens with one attached hydrogen (secondary N) is 1. The summed E-state index contributed by atoms with van der Waals surface area (Å²) in [7, 11) is 0. The number of hydrogen-bond donors (Lipinski definition) is 1. The molecule has 1 heterocycles. The van der Waals surface area contributed by atoms with Crippen LogP contribution in [0.3, 0.4) is 0 Å². The van der Waals surface area contributed by atoms with Gasteiger partial charge < -0.3 is 5.32 Å². The first-order valence-corrected chi connectivity index (χ1v) is 7.85. The molecule has 1 saturated heterocycles. The zero-order chi connectivity index (χ0) is 13.3. The van der Waals surface area contributed by atoms with E-state index in [2.05, 4.69) is 44.8 Å². The molecule has 3 atom stereocenters. The summed E-state index contributed by atoms with van der Waals surface area (Å²) in [4.78, 5) is 2.73. The zero-order valence-corrected chi connectivity index (χ0v) is 13.0. The lowest BCUT2D eigenvalue weighted by Gasteiger charge is -2.44. The van der Waals surface area contributed by atoms with E-state index in [0.29, 0.717) is 5.41 Å². The van der Waals surface area contributed by atoms with Crippen molar-refractivity contribution in [2.45, 2.75) is 66.0 Å². The van der Waals surface area contributed by atoms with Crippen molar-refractivity contribution in [2.75, 3.05) is 19.6 Å². The Bertz CT molecular complexity index is 270. The van der Waals surface area contributed by atoms with Crippen molar-refractivity contribution in [3.8, 4) is 0 Å². The van der Waals surface area contributed by atoms with Gasteiger partial charge in [-0.2, -0.15) is 0 Å². The summed E-state index contributed by atoms with van der Waals surface area (Å²) in [6.07, 6.45) is 4.19. The van der Waals surface area contributed by atoms with Crippen molar-refractivity contribution in [2.24, 2.45) is 17.3 Å². The van der Waals surface area contributed by atoms with Crippen molar-refractivity contribution < 1.29 is 0 Å². The summed E-state index contributed by atoms with van der Waals surface area (Å²) >= 11 is 0. The van der Waals surface area contributed by atoms with E-state index in [-0.39, 0.29) is 0 Å². The van der Waals surface area contributed by atoms with Crippen LogP contribution in [0.4, 0.5) is 0 Å². The smallest absolute Gasteiger partial charge is 0.00930 e. The third-order valence-corrected chi connectivity index (χ3v) is 4.80. The molecule has 2 fully saturated rings. The topological polar surface area (TPSA) is 15.3 Å². The third kappa shape index (κ3) is 3.96. The lowest BCUT2D eigenvalue weighted by atomic mass is 9.83. The number of hydrogen-bond acceptors (Lipinski definition) is 2. The molecule has 0 spiro atoms. The predicted octanol–water partition coefficient (Wildman–Crippen LogP) is 3.13. The van der Waals surface area contributed by atoms with Crippen molar-refractivity contribution >= 4 is 0 Å². The Morgan fingerprint density at radius 2 is 1.83 bits per heavy atom. The average Bonchev–Trinajstić information content (AvgIpc) is 3.06. The summed E-state index contributed by atoms with van der Waals surface area (Å²) in [5, 5.41) is 3.70. The summed E-state index contributed by atoms with van der Waals surface area (Å²) in [6.45, 7) is 15.8. The second-order valence-electron chi connectivity index (χ2n) is 7.81. The second kappa shape index (κ2) is 5.50. The first-order valence-electron chi connectivity index (χ1n) is 7.85. The van der Waals surface area contributed by atoms with Gasteiger partial charge in [0.15, 0.2) is 0 Å². The molecule has 1 aliphatic carbocycles. The monoisotopic (exact) mass is 252 g/mol. The number of likely N-dealkylation sites (tertiary alicyclic amines) is 1. The Hall–Kier alpha value is -0.0800. The molecule has 1 N–H and O–H groups in total. The van der Waals surface area contributed by atoms with E-state index in [1.807, 2.05) is 0 Å². The normalized spacial score (nSPS) is 34.8. The Kier molecular flexibility index (Phi) is 4.38. The van der Waals surface area contributed by atoms with Gasteiger partial charge >= 0.3 is 0 Å². The molecule has 1 saturated carbocycles. The van der Waals surface area contributed by atoms with Gasteiger partial charge in [-0.05, 0) is 43.4 Å². The molecule has 0 aromatic rings.